The third-order valence-electron chi connectivity index (χ3n) is 6.90. The number of aromatic amines is 1. The zero-order valence-corrected chi connectivity index (χ0v) is 20.6. The molecule has 1 aromatic carbocycles. The first-order valence-electron chi connectivity index (χ1n) is 12.2. The number of imide groups is 1. The van der Waals surface area contributed by atoms with E-state index in [1.165, 1.54) is 9.47 Å². The Morgan fingerprint density at radius 2 is 1.78 bits per heavy atom. The number of nitrogen functional groups attached to an aromatic ring is 1. The maximum Gasteiger partial charge on any atom is 0.330 e. The van der Waals surface area contributed by atoms with Crippen molar-refractivity contribution in [3.05, 3.63) is 56.7 Å². The number of amides is 4. The van der Waals surface area contributed by atoms with Gasteiger partial charge in [0.05, 0.1) is 6.54 Å². The van der Waals surface area contributed by atoms with Crippen molar-refractivity contribution >= 4 is 29.4 Å². The van der Waals surface area contributed by atoms with E-state index in [1.807, 2.05) is 44.2 Å². The van der Waals surface area contributed by atoms with E-state index in [0.717, 1.165) is 23.3 Å². The van der Waals surface area contributed by atoms with Crippen molar-refractivity contribution in [2.45, 2.75) is 58.0 Å². The number of hydrogen-bond donors (Lipinski definition) is 3. The minimum absolute atomic E-state index is 0.0943. The molecule has 1 aliphatic heterocycles. The van der Waals surface area contributed by atoms with Gasteiger partial charge in [0.25, 0.3) is 11.5 Å². The van der Waals surface area contributed by atoms with E-state index in [0.29, 0.717) is 19.3 Å². The molecule has 1 saturated carbocycles. The van der Waals surface area contributed by atoms with Crippen molar-refractivity contribution in [3.63, 3.8) is 0 Å². The molecule has 2 fully saturated rings. The van der Waals surface area contributed by atoms with Gasteiger partial charge in [0.2, 0.25) is 5.91 Å². The second kappa shape index (κ2) is 10.00. The summed E-state index contributed by atoms with van der Waals surface area (Å²) in [6.07, 6.45) is 3.26. The number of urea groups is 1. The molecule has 0 unspecified atom stereocenters. The van der Waals surface area contributed by atoms with E-state index in [-0.39, 0.29) is 30.5 Å². The molecular formula is C25H32N6O5. The molecule has 2 aliphatic rings. The summed E-state index contributed by atoms with van der Waals surface area (Å²) >= 11 is 0. The molecule has 11 heteroatoms. The Balaban J connectivity index is 1.68. The zero-order valence-electron chi connectivity index (χ0n) is 20.6. The third kappa shape index (κ3) is 4.77. The van der Waals surface area contributed by atoms with Crippen LogP contribution in [0.3, 0.4) is 0 Å². The number of anilines is 2. The van der Waals surface area contributed by atoms with Crippen LogP contribution in [-0.2, 0) is 16.1 Å². The summed E-state index contributed by atoms with van der Waals surface area (Å²) < 4.78 is 1.20. The first-order chi connectivity index (χ1) is 17.1. The lowest BCUT2D eigenvalue weighted by Crippen LogP contribution is -2.48. The van der Waals surface area contributed by atoms with Crippen molar-refractivity contribution in [3.8, 4) is 0 Å². The first kappa shape index (κ1) is 25.2. The molecule has 2 heterocycles. The number of aromatic nitrogens is 2. The molecule has 4 N–H and O–H groups in total. The van der Waals surface area contributed by atoms with Gasteiger partial charge in [0.1, 0.15) is 17.9 Å². The van der Waals surface area contributed by atoms with Crippen molar-refractivity contribution in [1.29, 1.82) is 0 Å². The zero-order chi connectivity index (χ0) is 26.0. The molecule has 1 aromatic heterocycles. The van der Waals surface area contributed by atoms with Gasteiger partial charge in [0, 0.05) is 6.54 Å². The summed E-state index contributed by atoms with van der Waals surface area (Å²) in [5, 5.41) is 2.76. The predicted molar refractivity (Wildman–Crippen MR) is 135 cm³/mol. The number of hydrogen-bond acceptors (Lipinski definition) is 6. The van der Waals surface area contributed by atoms with Crippen LogP contribution in [0.2, 0.25) is 0 Å². The molecule has 1 spiro atoms. The number of nitrogens with two attached hydrogens (primary N) is 1. The van der Waals surface area contributed by atoms with Crippen LogP contribution < -0.4 is 27.2 Å². The highest BCUT2D eigenvalue weighted by molar-refractivity contribution is 6.10. The number of benzene rings is 1. The molecule has 1 aliphatic carbocycles. The minimum atomic E-state index is -0.945. The van der Waals surface area contributed by atoms with E-state index in [1.54, 1.807) is 0 Å². The number of H-pyrrole nitrogens is 1. The van der Waals surface area contributed by atoms with Crippen LogP contribution in [0.4, 0.5) is 16.3 Å². The molecule has 0 radical (unpaired) electrons. The second-order valence-electron chi connectivity index (χ2n) is 9.90. The monoisotopic (exact) mass is 496 g/mol. The van der Waals surface area contributed by atoms with E-state index in [9.17, 15) is 24.0 Å². The van der Waals surface area contributed by atoms with Gasteiger partial charge in [-0.15, -0.1) is 0 Å². The van der Waals surface area contributed by atoms with E-state index in [4.69, 9.17) is 5.73 Å². The highest BCUT2D eigenvalue weighted by Gasteiger charge is 2.53. The van der Waals surface area contributed by atoms with Gasteiger partial charge < -0.3 is 16.0 Å². The van der Waals surface area contributed by atoms with Crippen molar-refractivity contribution in [2.24, 2.45) is 5.92 Å². The maximum absolute atomic E-state index is 13.5. The van der Waals surface area contributed by atoms with E-state index in [2.05, 4.69) is 10.3 Å². The maximum atomic E-state index is 13.5. The number of rotatable bonds is 8. The Labute approximate surface area is 208 Å². The Hall–Kier alpha value is -3.89. The highest BCUT2D eigenvalue weighted by atomic mass is 16.2. The summed E-state index contributed by atoms with van der Waals surface area (Å²) in [5.74, 6) is -1.02. The Morgan fingerprint density at radius 1 is 1.11 bits per heavy atom. The molecule has 2 aromatic rings. The Bertz CT molecular complexity index is 1280. The van der Waals surface area contributed by atoms with Gasteiger partial charge in [-0.1, -0.05) is 57.0 Å². The average Bonchev–Trinajstić information content (AvgIpc) is 3.39. The van der Waals surface area contributed by atoms with Crippen LogP contribution in [0, 0.1) is 5.92 Å². The summed E-state index contributed by atoms with van der Waals surface area (Å²) in [6, 6.07) is 8.48. The first-order valence-corrected chi connectivity index (χ1v) is 12.2. The molecule has 192 valence electrons. The van der Waals surface area contributed by atoms with Gasteiger partial charge in [-0.2, -0.15) is 0 Å². The topological polar surface area (TPSA) is 151 Å². The van der Waals surface area contributed by atoms with Gasteiger partial charge in [0.15, 0.2) is 5.69 Å². The average molecular weight is 497 g/mol. The molecule has 1 saturated heterocycles. The quantitative estimate of drug-likeness (QED) is 0.470. The van der Waals surface area contributed by atoms with Crippen LogP contribution >= 0.6 is 0 Å². The molecule has 0 bridgehead atoms. The summed E-state index contributed by atoms with van der Waals surface area (Å²) in [4.78, 5) is 69.1. The fourth-order valence-electron chi connectivity index (χ4n) is 4.87. The smallest absolute Gasteiger partial charge is 0.330 e. The number of carbonyl (C=O) groups excluding carboxylic acids is 3. The molecule has 4 amide bonds. The summed E-state index contributed by atoms with van der Waals surface area (Å²) in [7, 11) is 0. The van der Waals surface area contributed by atoms with Crippen LogP contribution in [0.1, 0.15) is 51.5 Å². The van der Waals surface area contributed by atoms with Gasteiger partial charge in [-0.05, 0) is 30.7 Å². The van der Waals surface area contributed by atoms with Crippen LogP contribution in [0.25, 0.3) is 0 Å². The van der Waals surface area contributed by atoms with Crippen LogP contribution in [0.5, 0.6) is 0 Å². The van der Waals surface area contributed by atoms with Crippen molar-refractivity contribution in [2.75, 3.05) is 23.7 Å². The van der Waals surface area contributed by atoms with E-state index < -0.39 is 41.2 Å². The molecule has 36 heavy (non-hydrogen) atoms. The second-order valence-corrected chi connectivity index (χ2v) is 9.90. The lowest BCUT2D eigenvalue weighted by atomic mass is 9.98. The SMILES string of the molecule is CC(C)CCN(C(=O)CN1C(=O)NC2(CCCC2)C1=O)c1c(N)n(Cc2ccccc2)c(=O)[nH]c1=O. The van der Waals surface area contributed by atoms with Gasteiger partial charge in [-0.25, -0.2) is 9.59 Å². The fraction of sp³-hybridized carbons (Fsp3) is 0.480. The highest BCUT2D eigenvalue weighted by Crippen LogP contribution is 2.35. The third-order valence-corrected chi connectivity index (χ3v) is 6.90. The largest absolute Gasteiger partial charge is 0.383 e. The lowest BCUT2D eigenvalue weighted by molar-refractivity contribution is -0.134. The molecule has 4 rings (SSSR count). The van der Waals surface area contributed by atoms with Crippen molar-refractivity contribution < 1.29 is 14.4 Å². The Morgan fingerprint density at radius 3 is 2.42 bits per heavy atom. The van der Waals surface area contributed by atoms with Crippen LogP contribution in [-0.4, -0.2) is 50.9 Å². The summed E-state index contributed by atoms with van der Waals surface area (Å²) in [6.45, 7) is 3.63. The Kier molecular flexibility index (Phi) is 7.00. The lowest BCUT2D eigenvalue weighted by Gasteiger charge is -2.27. The van der Waals surface area contributed by atoms with Crippen molar-refractivity contribution in [1.82, 2.24) is 19.8 Å². The summed E-state index contributed by atoms with van der Waals surface area (Å²) in [5.41, 5.74) is 4.50. The molecule has 0 atom stereocenters. The molecular weight excluding hydrogens is 464 g/mol. The van der Waals surface area contributed by atoms with E-state index >= 15 is 0 Å². The fourth-order valence-corrected chi connectivity index (χ4v) is 4.87. The van der Waals surface area contributed by atoms with Crippen LogP contribution in [0.15, 0.2) is 39.9 Å². The predicted octanol–water partition coefficient (Wildman–Crippen LogP) is 1.41. The number of nitrogens with one attached hydrogen (secondary N) is 2. The standard InChI is InChI=1S/C25H32N6O5/c1-16(2)10-13-29(18(32)15-31-22(34)25(28-24(31)36)11-6-7-12-25)19-20(26)30(23(35)27-21(19)33)14-17-8-4-3-5-9-17/h3-5,8-9,16H,6-7,10-15,26H2,1-2H3,(H,28,36)(H,27,33,35). The normalized spacial score (nSPS) is 16.7. The molecule has 11 nitrogen and oxygen atoms in total. The number of nitrogens with zero attached hydrogens (tertiary/aromatic N) is 3. The number of carbonyl (C=O) groups is 3. The minimum Gasteiger partial charge on any atom is -0.383 e. The van der Waals surface area contributed by atoms with Gasteiger partial charge in [-0.3, -0.25) is 28.8 Å². The van der Waals surface area contributed by atoms with Gasteiger partial charge >= 0.3 is 11.7 Å².